The highest BCUT2D eigenvalue weighted by Crippen LogP contribution is 2.33. The van der Waals surface area contributed by atoms with E-state index in [-0.39, 0.29) is 31.2 Å². The standard InChI is InChI=1S/C24H21F4N5O2/c25-21-17(7-4-8-18(21)24(26,27)28)22(34)33-10-9-20(19(29)13-33)32-23-30-11-16(12-31-23)35-14-15-5-2-1-3-6-15/h1-8,11-12H,9-10,13-14,29H2,(H,30,31,32). The second kappa shape index (κ2) is 10.00. The molecule has 4 rings (SSSR count). The second-order valence-electron chi connectivity index (χ2n) is 7.79. The molecular formula is C24H21F4N5O2. The summed E-state index contributed by atoms with van der Waals surface area (Å²) in [5.74, 6) is -1.73. The topological polar surface area (TPSA) is 93.4 Å². The highest BCUT2D eigenvalue weighted by Gasteiger charge is 2.36. The second-order valence-corrected chi connectivity index (χ2v) is 7.79. The van der Waals surface area contributed by atoms with Gasteiger partial charge in [-0.15, -0.1) is 0 Å². The number of carbonyl (C=O) groups excluding carboxylic acids is 1. The number of benzene rings is 2. The quantitative estimate of drug-likeness (QED) is 0.503. The minimum atomic E-state index is -4.90. The third-order valence-corrected chi connectivity index (χ3v) is 5.34. The number of amides is 1. The monoisotopic (exact) mass is 487 g/mol. The molecule has 0 spiro atoms. The number of hydrogen-bond acceptors (Lipinski definition) is 6. The van der Waals surface area contributed by atoms with Crippen LogP contribution >= 0.6 is 0 Å². The third kappa shape index (κ3) is 5.68. The Kier molecular flexibility index (Phi) is 6.85. The van der Waals surface area contributed by atoms with E-state index in [0.29, 0.717) is 24.1 Å². The van der Waals surface area contributed by atoms with Crippen LogP contribution in [0.5, 0.6) is 5.75 Å². The van der Waals surface area contributed by atoms with Crippen LogP contribution in [0.2, 0.25) is 0 Å². The van der Waals surface area contributed by atoms with Crippen molar-refractivity contribution < 1.29 is 27.1 Å². The van der Waals surface area contributed by atoms with E-state index in [1.807, 2.05) is 30.3 Å². The van der Waals surface area contributed by atoms with Crippen LogP contribution < -0.4 is 15.8 Å². The Balaban J connectivity index is 1.39. The summed E-state index contributed by atoms with van der Waals surface area (Å²) in [6, 6.07) is 12.2. The highest BCUT2D eigenvalue weighted by atomic mass is 19.4. The molecule has 0 unspecified atom stereocenters. The van der Waals surface area contributed by atoms with E-state index >= 15 is 0 Å². The molecule has 7 nitrogen and oxygen atoms in total. The van der Waals surface area contributed by atoms with Crippen molar-refractivity contribution in [2.75, 3.05) is 18.4 Å². The molecular weight excluding hydrogens is 466 g/mol. The van der Waals surface area contributed by atoms with Gasteiger partial charge in [-0.3, -0.25) is 4.79 Å². The summed E-state index contributed by atoms with van der Waals surface area (Å²) in [5.41, 5.74) is 5.77. The first-order valence-electron chi connectivity index (χ1n) is 10.6. The number of anilines is 1. The van der Waals surface area contributed by atoms with E-state index < -0.39 is 29.0 Å². The van der Waals surface area contributed by atoms with Gasteiger partial charge in [-0.25, -0.2) is 14.4 Å². The van der Waals surface area contributed by atoms with Gasteiger partial charge in [0.2, 0.25) is 5.95 Å². The van der Waals surface area contributed by atoms with Crippen LogP contribution in [0.15, 0.2) is 72.3 Å². The van der Waals surface area contributed by atoms with Gasteiger partial charge in [-0.05, 0) is 17.7 Å². The van der Waals surface area contributed by atoms with Crippen molar-refractivity contribution in [1.82, 2.24) is 14.9 Å². The molecule has 1 aliphatic heterocycles. The van der Waals surface area contributed by atoms with E-state index in [1.54, 1.807) is 0 Å². The van der Waals surface area contributed by atoms with Gasteiger partial charge in [-0.2, -0.15) is 13.2 Å². The number of ether oxygens (including phenoxy) is 1. The van der Waals surface area contributed by atoms with E-state index in [2.05, 4.69) is 15.3 Å². The first-order valence-corrected chi connectivity index (χ1v) is 10.6. The third-order valence-electron chi connectivity index (χ3n) is 5.34. The molecule has 1 amide bonds. The summed E-state index contributed by atoms with van der Waals surface area (Å²) in [4.78, 5) is 22.3. The Morgan fingerprint density at radius 2 is 1.80 bits per heavy atom. The molecule has 0 saturated heterocycles. The van der Waals surface area contributed by atoms with Crippen LogP contribution in [0, 0.1) is 5.82 Å². The van der Waals surface area contributed by atoms with Crippen molar-refractivity contribution in [1.29, 1.82) is 0 Å². The van der Waals surface area contributed by atoms with Crippen LogP contribution in [-0.4, -0.2) is 33.9 Å². The number of nitrogens with two attached hydrogens (primary N) is 1. The van der Waals surface area contributed by atoms with Crippen molar-refractivity contribution in [2.45, 2.75) is 19.2 Å². The van der Waals surface area contributed by atoms with Crippen LogP contribution in [0.1, 0.15) is 27.9 Å². The number of carbonyl (C=O) groups is 1. The van der Waals surface area contributed by atoms with E-state index in [1.165, 1.54) is 17.3 Å². The zero-order valence-corrected chi connectivity index (χ0v) is 18.3. The molecule has 1 aromatic heterocycles. The normalized spacial score (nSPS) is 14.1. The fraction of sp³-hybridized carbons (Fsp3) is 0.208. The zero-order chi connectivity index (χ0) is 25.0. The maximum absolute atomic E-state index is 14.4. The van der Waals surface area contributed by atoms with Gasteiger partial charge in [0.15, 0.2) is 5.75 Å². The molecule has 2 aromatic carbocycles. The summed E-state index contributed by atoms with van der Waals surface area (Å²) in [6.45, 7) is 0.399. The average Bonchev–Trinajstić information content (AvgIpc) is 2.84. The Morgan fingerprint density at radius 1 is 1.09 bits per heavy atom. The minimum Gasteiger partial charge on any atom is -0.486 e. The zero-order valence-electron chi connectivity index (χ0n) is 18.3. The fourth-order valence-corrected chi connectivity index (χ4v) is 3.52. The lowest BCUT2D eigenvalue weighted by atomic mass is 10.1. The number of rotatable bonds is 6. The molecule has 2 heterocycles. The average molecular weight is 487 g/mol. The SMILES string of the molecule is NC1=C(Nc2ncc(OCc3ccccc3)cn2)CCN(C(=O)c2cccc(C(F)(F)F)c2F)C1. The van der Waals surface area contributed by atoms with E-state index in [4.69, 9.17) is 10.5 Å². The Morgan fingerprint density at radius 3 is 2.46 bits per heavy atom. The van der Waals surface area contributed by atoms with E-state index in [0.717, 1.165) is 17.7 Å². The maximum atomic E-state index is 14.4. The summed E-state index contributed by atoms with van der Waals surface area (Å²) in [6.07, 6.45) is -1.64. The molecule has 35 heavy (non-hydrogen) atoms. The van der Waals surface area contributed by atoms with Gasteiger partial charge < -0.3 is 20.7 Å². The van der Waals surface area contributed by atoms with Gasteiger partial charge in [0.05, 0.1) is 30.1 Å². The Hall–Kier alpha value is -4.15. The molecule has 1 aliphatic rings. The minimum absolute atomic E-state index is 0.0882. The fourth-order valence-electron chi connectivity index (χ4n) is 3.52. The molecule has 11 heteroatoms. The van der Waals surface area contributed by atoms with Gasteiger partial charge >= 0.3 is 6.18 Å². The van der Waals surface area contributed by atoms with Crippen molar-refractivity contribution in [3.8, 4) is 5.75 Å². The number of aromatic nitrogens is 2. The molecule has 0 atom stereocenters. The molecule has 3 N–H and O–H groups in total. The number of nitrogens with zero attached hydrogens (tertiary/aromatic N) is 3. The molecule has 182 valence electrons. The lowest BCUT2D eigenvalue weighted by Gasteiger charge is -2.29. The predicted octanol–water partition coefficient (Wildman–Crippen LogP) is 4.34. The van der Waals surface area contributed by atoms with Gasteiger partial charge in [0, 0.05) is 24.4 Å². The van der Waals surface area contributed by atoms with Crippen LogP contribution in [0.3, 0.4) is 0 Å². The van der Waals surface area contributed by atoms with Crippen LogP contribution in [0.25, 0.3) is 0 Å². The summed E-state index contributed by atoms with van der Waals surface area (Å²) in [5, 5.41) is 2.99. The molecule has 0 radical (unpaired) electrons. The summed E-state index contributed by atoms with van der Waals surface area (Å²) >= 11 is 0. The summed E-state index contributed by atoms with van der Waals surface area (Å²) in [7, 11) is 0. The van der Waals surface area contributed by atoms with Crippen molar-refractivity contribution in [3.63, 3.8) is 0 Å². The Labute approximate surface area is 198 Å². The van der Waals surface area contributed by atoms with Crippen molar-refractivity contribution in [2.24, 2.45) is 5.73 Å². The van der Waals surface area contributed by atoms with E-state index in [9.17, 15) is 22.4 Å². The van der Waals surface area contributed by atoms with Gasteiger partial charge in [-0.1, -0.05) is 36.4 Å². The predicted molar refractivity (Wildman–Crippen MR) is 120 cm³/mol. The van der Waals surface area contributed by atoms with Crippen LogP contribution in [-0.2, 0) is 12.8 Å². The maximum Gasteiger partial charge on any atom is 0.419 e. The summed E-state index contributed by atoms with van der Waals surface area (Å²) < 4.78 is 59.0. The number of nitrogens with one attached hydrogen (secondary N) is 1. The first-order chi connectivity index (χ1) is 16.7. The highest BCUT2D eigenvalue weighted by molar-refractivity contribution is 5.95. The lowest BCUT2D eigenvalue weighted by Crippen LogP contribution is -2.40. The van der Waals surface area contributed by atoms with Gasteiger partial charge in [0.25, 0.3) is 5.91 Å². The smallest absolute Gasteiger partial charge is 0.419 e. The van der Waals surface area contributed by atoms with Gasteiger partial charge in [0.1, 0.15) is 12.4 Å². The lowest BCUT2D eigenvalue weighted by molar-refractivity contribution is -0.140. The van der Waals surface area contributed by atoms with Crippen molar-refractivity contribution >= 4 is 11.9 Å². The Bertz CT molecular complexity index is 1230. The molecule has 3 aromatic rings. The number of hydrogen-bond donors (Lipinski definition) is 2. The molecule has 0 saturated carbocycles. The van der Waals surface area contributed by atoms with Crippen molar-refractivity contribution in [3.05, 3.63) is 94.8 Å². The van der Waals surface area contributed by atoms with Crippen LogP contribution in [0.4, 0.5) is 23.5 Å². The largest absolute Gasteiger partial charge is 0.486 e. The first kappa shape index (κ1) is 24.0. The number of halogens is 4. The molecule has 0 bridgehead atoms. The molecule has 0 aliphatic carbocycles. The number of alkyl halides is 3. The molecule has 0 fully saturated rings.